The van der Waals surface area contributed by atoms with E-state index in [1.165, 1.54) is 0 Å². The largest absolute Gasteiger partial charge is 0.444 e. The molecule has 11 heteroatoms. The van der Waals surface area contributed by atoms with E-state index >= 15 is 0 Å². The van der Waals surface area contributed by atoms with Gasteiger partial charge in [0.2, 0.25) is 5.78 Å². The number of rotatable bonds is 2. The average molecular weight is 507 g/mol. The number of imidazole rings is 1. The molecule has 5 heterocycles. The highest BCUT2D eigenvalue weighted by atomic mass is 16.6. The molecule has 3 aromatic rings. The quantitative estimate of drug-likeness (QED) is 0.563. The van der Waals surface area contributed by atoms with Gasteiger partial charge >= 0.3 is 12.1 Å². The second kappa shape index (κ2) is 9.20. The van der Waals surface area contributed by atoms with Crippen LogP contribution in [0.5, 0.6) is 0 Å². The summed E-state index contributed by atoms with van der Waals surface area (Å²) >= 11 is 0. The first kappa shape index (κ1) is 24.8. The number of aryl methyl sites for hydroxylation is 2. The molecule has 0 radical (unpaired) electrons. The van der Waals surface area contributed by atoms with E-state index in [0.29, 0.717) is 55.6 Å². The molecule has 5 rings (SSSR count). The smallest absolute Gasteiger partial charge is 0.410 e. The number of hydrogen-bond acceptors (Lipinski definition) is 7. The Morgan fingerprint density at radius 1 is 1.11 bits per heavy atom. The summed E-state index contributed by atoms with van der Waals surface area (Å²) in [4.78, 5) is 45.1. The van der Waals surface area contributed by atoms with Crippen molar-refractivity contribution in [3.8, 4) is 0 Å². The molecular formula is C26H34N8O3. The van der Waals surface area contributed by atoms with Crippen LogP contribution >= 0.6 is 0 Å². The van der Waals surface area contributed by atoms with Gasteiger partial charge in [-0.05, 0) is 54.0 Å². The number of pyridine rings is 1. The lowest BCUT2D eigenvalue weighted by molar-refractivity contribution is 0.0159. The monoisotopic (exact) mass is 506 g/mol. The molecule has 3 amide bonds. The molecule has 0 aliphatic carbocycles. The van der Waals surface area contributed by atoms with Crippen LogP contribution in [0.3, 0.4) is 0 Å². The number of fused-ring (bicyclic) bond motifs is 2. The minimum atomic E-state index is -0.526. The number of carbonyl (C=O) groups is 2. The van der Waals surface area contributed by atoms with Crippen molar-refractivity contribution in [2.24, 2.45) is 0 Å². The van der Waals surface area contributed by atoms with Crippen molar-refractivity contribution < 1.29 is 14.3 Å². The van der Waals surface area contributed by atoms with Crippen molar-refractivity contribution in [1.82, 2.24) is 24.3 Å². The lowest BCUT2D eigenvalue weighted by Crippen LogP contribution is -2.55. The van der Waals surface area contributed by atoms with Crippen LogP contribution in [0, 0.1) is 13.8 Å². The van der Waals surface area contributed by atoms with Gasteiger partial charge in [-0.1, -0.05) is 0 Å². The molecule has 2 aliphatic heterocycles. The molecule has 0 spiro atoms. The van der Waals surface area contributed by atoms with Gasteiger partial charge in [-0.15, -0.1) is 0 Å². The summed E-state index contributed by atoms with van der Waals surface area (Å²) in [6, 6.07) is 1.75. The Labute approximate surface area is 216 Å². The number of hydrogen-bond donors (Lipinski definition) is 1. The highest BCUT2D eigenvalue weighted by Crippen LogP contribution is 2.35. The van der Waals surface area contributed by atoms with Crippen LogP contribution in [0.2, 0.25) is 0 Å². The Hall–Kier alpha value is -3.89. The second-order valence-corrected chi connectivity index (χ2v) is 10.8. The lowest BCUT2D eigenvalue weighted by atomic mass is 10.1. The van der Waals surface area contributed by atoms with Gasteiger partial charge < -0.3 is 19.9 Å². The maximum atomic E-state index is 13.3. The maximum Gasteiger partial charge on any atom is 0.410 e. The van der Waals surface area contributed by atoms with Crippen molar-refractivity contribution in [2.75, 3.05) is 41.3 Å². The van der Waals surface area contributed by atoms with Crippen LogP contribution < -0.4 is 15.1 Å². The zero-order valence-electron chi connectivity index (χ0n) is 22.3. The van der Waals surface area contributed by atoms with E-state index in [9.17, 15) is 9.59 Å². The number of nitrogens with one attached hydrogen (secondary N) is 1. The number of urea groups is 1. The third kappa shape index (κ3) is 4.90. The first-order chi connectivity index (χ1) is 17.5. The highest BCUT2D eigenvalue weighted by Gasteiger charge is 2.34. The number of anilines is 3. The summed E-state index contributed by atoms with van der Waals surface area (Å²) in [5.41, 5.74) is 3.77. The first-order valence-corrected chi connectivity index (χ1v) is 12.6. The van der Waals surface area contributed by atoms with Crippen molar-refractivity contribution in [3.05, 3.63) is 41.6 Å². The molecule has 0 aromatic carbocycles. The van der Waals surface area contributed by atoms with Gasteiger partial charge in [0.15, 0.2) is 0 Å². The molecule has 0 saturated carbocycles. The maximum absolute atomic E-state index is 13.3. The summed E-state index contributed by atoms with van der Waals surface area (Å²) in [7, 11) is 0. The van der Waals surface area contributed by atoms with Crippen LogP contribution in [0.4, 0.5) is 26.8 Å². The Bertz CT molecular complexity index is 1360. The molecule has 11 nitrogen and oxygen atoms in total. The zero-order valence-corrected chi connectivity index (χ0v) is 22.3. The molecular weight excluding hydrogens is 472 g/mol. The predicted molar refractivity (Wildman–Crippen MR) is 141 cm³/mol. The Kier molecular flexibility index (Phi) is 6.17. The van der Waals surface area contributed by atoms with Crippen LogP contribution in [0.15, 0.2) is 24.7 Å². The number of aromatic nitrogens is 4. The highest BCUT2D eigenvalue weighted by molar-refractivity contribution is 6.03. The first-order valence-electron chi connectivity index (χ1n) is 12.6. The molecule has 37 heavy (non-hydrogen) atoms. The summed E-state index contributed by atoms with van der Waals surface area (Å²) in [5, 5.41) is 3.00. The molecule has 3 aromatic heterocycles. The minimum Gasteiger partial charge on any atom is -0.444 e. The van der Waals surface area contributed by atoms with E-state index in [-0.39, 0.29) is 18.2 Å². The number of amides is 3. The summed E-state index contributed by atoms with van der Waals surface area (Å²) in [5.74, 6) is 1.27. The molecule has 1 saturated heterocycles. The van der Waals surface area contributed by atoms with Gasteiger partial charge in [0.1, 0.15) is 11.4 Å². The van der Waals surface area contributed by atoms with Gasteiger partial charge in [-0.25, -0.2) is 24.5 Å². The van der Waals surface area contributed by atoms with E-state index in [1.807, 2.05) is 64.4 Å². The second-order valence-electron chi connectivity index (χ2n) is 10.8. The molecule has 1 fully saturated rings. The fraction of sp³-hybridized carbons (Fsp3) is 0.500. The number of carbonyl (C=O) groups excluding carboxylic acids is 2. The van der Waals surface area contributed by atoms with E-state index < -0.39 is 5.60 Å². The molecule has 0 bridgehead atoms. The summed E-state index contributed by atoms with van der Waals surface area (Å²) in [6.07, 6.45) is 5.89. The number of piperazine rings is 1. The van der Waals surface area contributed by atoms with Crippen LogP contribution in [-0.2, 0) is 11.2 Å². The predicted octanol–water partition coefficient (Wildman–Crippen LogP) is 3.78. The normalized spacial score (nSPS) is 17.8. The third-order valence-electron chi connectivity index (χ3n) is 6.69. The van der Waals surface area contributed by atoms with Crippen molar-refractivity contribution in [3.63, 3.8) is 0 Å². The fourth-order valence-electron chi connectivity index (χ4n) is 4.96. The molecule has 196 valence electrons. The fourth-order valence-corrected chi connectivity index (χ4v) is 4.96. The Balaban J connectivity index is 1.31. The molecule has 0 unspecified atom stereocenters. The topological polar surface area (TPSA) is 108 Å². The summed E-state index contributed by atoms with van der Waals surface area (Å²) < 4.78 is 7.39. The SMILES string of the molecule is Cc1cn2cc(NC(=O)N3CCc4c(N5CCN(C(=O)OC(C)(C)C)[C@@H](C)C5)ccnc43)c(C)nc2n1. The lowest BCUT2D eigenvalue weighted by Gasteiger charge is -2.41. The van der Waals surface area contributed by atoms with Gasteiger partial charge in [0.05, 0.1) is 17.1 Å². The standard InChI is InChI=1S/C26H34N8O3/c1-16-13-32-15-20(18(3)29-23(32)28-16)30-24(35)34-10-8-19-21(7-9-27-22(19)34)31-11-12-33(17(2)14-31)25(36)37-26(4,5)6/h7,9,13,15,17H,8,10-12,14H2,1-6H3,(H,30,35)/t17-/m0/s1. The number of nitrogens with zero attached hydrogens (tertiary/aromatic N) is 7. The van der Waals surface area contributed by atoms with E-state index in [1.54, 1.807) is 16.0 Å². The number of ether oxygens (including phenoxy) is 1. The van der Waals surface area contributed by atoms with Crippen molar-refractivity contribution >= 4 is 35.1 Å². The van der Waals surface area contributed by atoms with E-state index in [2.05, 4.69) is 25.2 Å². The third-order valence-corrected chi connectivity index (χ3v) is 6.69. The summed E-state index contributed by atoms with van der Waals surface area (Å²) in [6.45, 7) is 13.9. The molecule has 1 atom stereocenters. The van der Waals surface area contributed by atoms with E-state index in [4.69, 9.17) is 4.74 Å². The van der Waals surface area contributed by atoms with Crippen LogP contribution in [0.1, 0.15) is 44.6 Å². The van der Waals surface area contributed by atoms with E-state index in [0.717, 1.165) is 16.9 Å². The minimum absolute atomic E-state index is 0.00887. The van der Waals surface area contributed by atoms with Crippen molar-refractivity contribution in [1.29, 1.82) is 0 Å². The van der Waals surface area contributed by atoms with Gasteiger partial charge in [-0.3, -0.25) is 9.30 Å². The molecule has 1 N–H and O–H groups in total. The Morgan fingerprint density at radius 2 is 1.89 bits per heavy atom. The molecule has 2 aliphatic rings. The van der Waals surface area contributed by atoms with Gasteiger partial charge in [0.25, 0.3) is 0 Å². The van der Waals surface area contributed by atoms with Crippen molar-refractivity contribution in [2.45, 2.75) is 59.6 Å². The van der Waals surface area contributed by atoms with Crippen LogP contribution in [0.25, 0.3) is 5.78 Å². The Morgan fingerprint density at radius 3 is 2.62 bits per heavy atom. The van der Waals surface area contributed by atoms with Crippen LogP contribution in [-0.4, -0.2) is 74.2 Å². The average Bonchev–Trinajstić information content (AvgIpc) is 3.40. The van der Waals surface area contributed by atoms with Gasteiger partial charge in [0, 0.05) is 62.1 Å². The van der Waals surface area contributed by atoms with Gasteiger partial charge in [-0.2, -0.15) is 0 Å². The zero-order chi connectivity index (χ0) is 26.5.